The third-order valence-electron chi connectivity index (χ3n) is 4.44. The van der Waals surface area contributed by atoms with E-state index in [-0.39, 0.29) is 18.1 Å². The third-order valence-corrected chi connectivity index (χ3v) is 6.77. The molecule has 1 heterocycles. The van der Waals surface area contributed by atoms with E-state index in [0.29, 0.717) is 24.3 Å². The Labute approximate surface area is 196 Å². The molecule has 2 aromatic carbocycles. The molecule has 0 aliphatic carbocycles. The maximum Gasteiger partial charge on any atom is 0.573 e. The highest BCUT2D eigenvalue weighted by Crippen LogP contribution is 2.41. The maximum absolute atomic E-state index is 12.7. The number of ether oxygens (including phenoxy) is 2. The fourth-order valence-corrected chi connectivity index (χ4v) is 4.74. The van der Waals surface area contributed by atoms with Crippen LogP contribution in [0.1, 0.15) is 12.8 Å². The lowest BCUT2D eigenvalue weighted by molar-refractivity contribution is -0.274. The van der Waals surface area contributed by atoms with Crippen LogP contribution in [0.3, 0.4) is 0 Å². The molecule has 12 heteroatoms. The molecule has 6 nitrogen and oxygen atoms in total. The summed E-state index contributed by atoms with van der Waals surface area (Å²) in [7, 11) is 0. The van der Waals surface area contributed by atoms with Crippen LogP contribution in [0.15, 0.2) is 53.4 Å². The molecule has 1 aliphatic heterocycles. The molecule has 0 saturated carbocycles. The van der Waals surface area contributed by atoms with Crippen LogP contribution in [0.2, 0.25) is 0 Å². The van der Waals surface area contributed by atoms with Crippen molar-refractivity contribution >= 4 is 46.2 Å². The minimum atomic E-state index is -4.73. The molecule has 1 fully saturated rings. The van der Waals surface area contributed by atoms with Crippen molar-refractivity contribution in [1.82, 2.24) is 10.8 Å². The highest BCUT2D eigenvalue weighted by molar-refractivity contribution is 14.2. The van der Waals surface area contributed by atoms with Crippen molar-refractivity contribution < 1.29 is 32.1 Å². The molecule has 1 aliphatic rings. The summed E-state index contributed by atoms with van der Waals surface area (Å²) in [5, 5.41) is 3.26. The molecule has 2 N–H and O–H groups in total. The molecule has 0 radical (unpaired) electrons. The Kier molecular flexibility index (Phi) is 8.68. The van der Waals surface area contributed by atoms with Crippen molar-refractivity contribution in [1.29, 1.82) is 0 Å². The van der Waals surface area contributed by atoms with Gasteiger partial charge in [0.15, 0.2) is 0 Å². The lowest BCUT2D eigenvalue weighted by Gasteiger charge is -2.35. The van der Waals surface area contributed by atoms with Gasteiger partial charge < -0.3 is 14.8 Å². The van der Waals surface area contributed by atoms with Crippen LogP contribution in [-0.4, -0.2) is 30.1 Å². The first-order valence-electron chi connectivity index (χ1n) is 9.15. The van der Waals surface area contributed by atoms with Gasteiger partial charge in [0, 0.05) is 4.90 Å². The number of nitrogens with one attached hydrogen (secondary N) is 2. The Morgan fingerprint density at radius 2 is 1.58 bits per heavy atom. The number of rotatable bonds is 8. The van der Waals surface area contributed by atoms with Gasteiger partial charge in [-0.2, -0.15) is 0 Å². The molecule has 31 heavy (non-hydrogen) atoms. The van der Waals surface area contributed by atoms with Crippen molar-refractivity contribution in [2.45, 2.75) is 28.8 Å². The van der Waals surface area contributed by atoms with Gasteiger partial charge in [-0.05, 0) is 96.5 Å². The summed E-state index contributed by atoms with van der Waals surface area (Å²) >= 11 is 3.52. The number of hydrogen-bond acceptors (Lipinski definition) is 6. The Balaban J connectivity index is 1.64. The van der Waals surface area contributed by atoms with Gasteiger partial charge in [-0.3, -0.25) is 4.79 Å². The van der Waals surface area contributed by atoms with E-state index in [1.807, 2.05) is 34.2 Å². The molecule has 1 saturated heterocycles. The summed E-state index contributed by atoms with van der Waals surface area (Å²) in [6.07, 6.45) is -3.40. The van der Waals surface area contributed by atoms with Gasteiger partial charge >= 0.3 is 6.36 Å². The Bertz CT molecular complexity index is 866. The summed E-state index contributed by atoms with van der Waals surface area (Å²) < 4.78 is 50.7. The predicted molar refractivity (Wildman–Crippen MR) is 122 cm³/mol. The second kappa shape index (κ2) is 11.0. The van der Waals surface area contributed by atoms with E-state index >= 15 is 0 Å². The molecule has 168 valence electrons. The van der Waals surface area contributed by atoms with Gasteiger partial charge in [0.1, 0.15) is 28.4 Å². The largest absolute Gasteiger partial charge is 0.573 e. The van der Waals surface area contributed by atoms with Crippen molar-refractivity contribution in [3.05, 3.63) is 48.5 Å². The molecular weight excluding hydrogens is 567 g/mol. The van der Waals surface area contributed by atoms with Gasteiger partial charge in [0.2, 0.25) is 0 Å². The van der Waals surface area contributed by atoms with E-state index in [1.165, 1.54) is 36.0 Å². The van der Waals surface area contributed by atoms with E-state index < -0.39 is 11.1 Å². The monoisotopic (exact) mass is 586 g/mol. The summed E-state index contributed by atoms with van der Waals surface area (Å²) in [5.41, 5.74) is 2.54. The molecule has 1 unspecified atom stereocenters. The highest BCUT2D eigenvalue weighted by Gasteiger charge is 2.41. The lowest BCUT2D eigenvalue weighted by atomic mass is 9.96. The zero-order valence-corrected chi connectivity index (χ0v) is 20.0. The third kappa shape index (κ3) is 7.38. The number of thioether (sulfide) groups is 1. The van der Waals surface area contributed by atoms with Gasteiger partial charge in [-0.1, -0.05) is 0 Å². The minimum absolute atomic E-state index is 0.133. The number of carbonyl (C=O) groups is 1. The predicted octanol–water partition coefficient (Wildman–Crippen LogP) is 5.58. The number of hydrogen-bond donors (Lipinski definition) is 2. The molecule has 3 rings (SSSR count). The molecule has 0 bridgehead atoms. The summed E-state index contributed by atoms with van der Waals surface area (Å²) in [4.78, 5) is 13.6. The average Bonchev–Trinajstić information content (AvgIpc) is 2.74. The Hall–Kier alpha value is -1.27. The highest BCUT2D eigenvalue weighted by atomic mass is 127. The fourth-order valence-electron chi connectivity index (χ4n) is 3.01. The summed E-state index contributed by atoms with van der Waals surface area (Å²) in [6.45, 7) is 1.61. The van der Waals surface area contributed by atoms with Crippen molar-refractivity contribution in [2.75, 3.05) is 13.1 Å². The molecule has 1 atom stereocenters. The molecule has 0 spiro atoms. The van der Waals surface area contributed by atoms with Gasteiger partial charge in [-0.15, -0.1) is 24.9 Å². The quantitative estimate of drug-likeness (QED) is 0.239. The van der Waals surface area contributed by atoms with Crippen LogP contribution in [-0.2, 0) is 9.42 Å². The summed E-state index contributed by atoms with van der Waals surface area (Å²) in [6, 6.07) is 12.3. The topological polar surface area (TPSA) is 68.8 Å². The zero-order chi connectivity index (χ0) is 22.3. The molecular formula is C19H19F3IN2O4PS. The van der Waals surface area contributed by atoms with Crippen LogP contribution >= 0.6 is 40.3 Å². The van der Waals surface area contributed by atoms with E-state index in [2.05, 4.69) is 15.5 Å². The summed E-state index contributed by atoms with van der Waals surface area (Å²) in [5.74, 6) is 0.432. The number of alkyl halides is 3. The smallest absolute Gasteiger partial charge is 0.457 e. The van der Waals surface area contributed by atoms with Crippen molar-refractivity contribution in [2.24, 2.45) is 0 Å². The molecule has 0 aromatic heterocycles. The number of benzene rings is 2. The Morgan fingerprint density at radius 3 is 2.13 bits per heavy atom. The van der Waals surface area contributed by atoms with Crippen molar-refractivity contribution in [3.8, 4) is 17.2 Å². The van der Waals surface area contributed by atoms with E-state index in [1.54, 1.807) is 12.1 Å². The van der Waals surface area contributed by atoms with Gasteiger partial charge in [0.05, 0.1) is 0 Å². The fraction of sp³-hybridized carbons (Fsp3) is 0.316. The maximum atomic E-state index is 12.7. The van der Waals surface area contributed by atoms with Crippen LogP contribution in [0.5, 0.6) is 17.2 Å². The number of hydroxylamine groups is 1. The van der Waals surface area contributed by atoms with Crippen LogP contribution in [0.4, 0.5) is 13.2 Å². The second-order valence-electron chi connectivity index (χ2n) is 6.55. The van der Waals surface area contributed by atoms with E-state index in [0.717, 1.165) is 18.0 Å². The SMILES string of the molecule is O=C(NOPI)C1(Sc2ccc(Oc3ccc(OC(F)(F)F)cc3)cc2)CCNCC1. The van der Waals surface area contributed by atoms with E-state index in [9.17, 15) is 18.0 Å². The number of piperidine rings is 1. The van der Waals surface area contributed by atoms with E-state index in [4.69, 9.17) is 9.36 Å². The minimum Gasteiger partial charge on any atom is -0.457 e. The van der Waals surface area contributed by atoms with Crippen LogP contribution in [0.25, 0.3) is 0 Å². The Morgan fingerprint density at radius 1 is 1.03 bits per heavy atom. The van der Waals surface area contributed by atoms with Crippen molar-refractivity contribution in [3.63, 3.8) is 0 Å². The number of amides is 1. The second-order valence-corrected chi connectivity index (χ2v) is 9.69. The number of carbonyl (C=O) groups excluding carboxylic acids is 1. The normalized spacial score (nSPS) is 16.3. The molecule has 1 amide bonds. The van der Waals surface area contributed by atoms with Crippen LogP contribution in [0, 0.1) is 0 Å². The van der Waals surface area contributed by atoms with Crippen LogP contribution < -0.4 is 20.3 Å². The lowest BCUT2D eigenvalue weighted by Crippen LogP contribution is -2.50. The first-order chi connectivity index (χ1) is 14.8. The van der Waals surface area contributed by atoms with Gasteiger partial charge in [0.25, 0.3) is 5.91 Å². The standard InChI is InChI=1S/C19H19F3IN2O4PS/c20-19(21,22)28-15-3-1-13(2-4-15)27-14-5-7-16(8-6-14)31-18(9-11-24-12-10-18)17(26)25-29-30-23/h1-8,24,30H,9-12H2,(H,25,26). The average molecular weight is 586 g/mol. The molecule has 2 aromatic rings. The zero-order valence-electron chi connectivity index (χ0n) is 16.0. The number of halogens is 4. The first-order valence-corrected chi connectivity index (χ1v) is 14.0. The first kappa shape index (κ1) is 24.4. The van der Waals surface area contributed by atoms with Gasteiger partial charge in [-0.25, -0.2) is 10.1 Å².